The standard InChI is InChI=1S/C16H18IN3O2/c1-10(2)20-9-12(6-11(20)3)8-18-19-16(22)13-4-5-14(17)15(21)7-13/h4-10,21H,1-3H3,(H,19,22)/b18-8-. The number of hydrogen-bond donors (Lipinski definition) is 2. The van der Waals surface area contributed by atoms with Gasteiger partial charge in [0.25, 0.3) is 5.91 Å². The smallest absolute Gasteiger partial charge is 0.271 e. The molecule has 1 amide bonds. The fourth-order valence-electron chi connectivity index (χ4n) is 2.13. The monoisotopic (exact) mass is 411 g/mol. The first-order chi connectivity index (χ1) is 10.4. The summed E-state index contributed by atoms with van der Waals surface area (Å²) in [6.07, 6.45) is 3.60. The normalized spacial score (nSPS) is 11.3. The van der Waals surface area contributed by atoms with Gasteiger partial charge in [0, 0.05) is 29.1 Å². The molecule has 0 aliphatic carbocycles. The van der Waals surface area contributed by atoms with Crippen LogP contribution in [0.5, 0.6) is 5.75 Å². The zero-order valence-electron chi connectivity index (χ0n) is 12.7. The number of nitrogens with one attached hydrogen (secondary N) is 1. The largest absolute Gasteiger partial charge is 0.507 e. The number of nitrogens with zero attached hydrogens (tertiary/aromatic N) is 2. The van der Waals surface area contributed by atoms with E-state index >= 15 is 0 Å². The number of halogens is 1. The lowest BCUT2D eigenvalue weighted by molar-refractivity contribution is 0.0954. The van der Waals surface area contributed by atoms with Gasteiger partial charge in [0.2, 0.25) is 0 Å². The summed E-state index contributed by atoms with van der Waals surface area (Å²) in [5, 5.41) is 13.6. The van der Waals surface area contributed by atoms with Crippen LogP contribution in [0.2, 0.25) is 0 Å². The van der Waals surface area contributed by atoms with Crippen LogP contribution in [0.3, 0.4) is 0 Å². The molecule has 1 aromatic carbocycles. The molecule has 0 aliphatic rings. The molecular formula is C16H18IN3O2. The van der Waals surface area contributed by atoms with Crippen molar-refractivity contribution in [2.45, 2.75) is 26.8 Å². The minimum absolute atomic E-state index is 0.0851. The van der Waals surface area contributed by atoms with E-state index in [1.165, 1.54) is 6.07 Å². The quantitative estimate of drug-likeness (QED) is 0.460. The van der Waals surface area contributed by atoms with Gasteiger partial charge in [-0.2, -0.15) is 5.10 Å². The summed E-state index contributed by atoms with van der Waals surface area (Å²) in [6.45, 7) is 6.25. The van der Waals surface area contributed by atoms with Gasteiger partial charge in [0.1, 0.15) is 5.75 Å². The fourth-order valence-corrected chi connectivity index (χ4v) is 2.46. The lowest BCUT2D eigenvalue weighted by Gasteiger charge is -2.08. The molecule has 2 rings (SSSR count). The minimum Gasteiger partial charge on any atom is -0.507 e. The van der Waals surface area contributed by atoms with Crippen molar-refractivity contribution in [2.75, 3.05) is 0 Å². The SMILES string of the molecule is Cc1cc(/C=N\NC(=O)c2ccc(I)c(O)c2)cn1C(C)C. The Balaban J connectivity index is 2.04. The molecular weight excluding hydrogens is 393 g/mol. The van der Waals surface area contributed by atoms with Gasteiger partial charge in [0.15, 0.2) is 0 Å². The highest BCUT2D eigenvalue weighted by Crippen LogP contribution is 2.20. The highest BCUT2D eigenvalue weighted by atomic mass is 127. The number of hydrogen-bond acceptors (Lipinski definition) is 3. The molecule has 2 N–H and O–H groups in total. The molecule has 0 saturated carbocycles. The van der Waals surface area contributed by atoms with Crippen molar-refractivity contribution in [3.05, 3.63) is 50.9 Å². The lowest BCUT2D eigenvalue weighted by Crippen LogP contribution is -2.17. The maximum Gasteiger partial charge on any atom is 0.271 e. The first-order valence-electron chi connectivity index (χ1n) is 6.89. The number of aromatic hydroxyl groups is 1. The summed E-state index contributed by atoms with van der Waals surface area (Å²) in [6, 6.07) is 7.14. The van der Waals surface area contributed by atoms with Gasteiger partial charge < -0.3 is 9.67 Å². The second-order valence-corrected chi connectivity index (χ2v) is 6.44. The zero-order chi connectivity index (χ0) is 16.3. The number of aromatic nitrogens is 1. The van der Waals surface area contributed by atoms with E-state index in [4.69, 9.17) is 0 Å². The average molecular weight is 411 g/mol. The molecule has 116 valence electrons. The van der Waals surface area contributed by atoms with E-state index in [-0.39, 0.29) is 11.7 Å². The molecule has 5 nitrogen and oxygen atoms in total. The topological polar surface area (TPSA) is 66.6 Å². The third kappa shape index (κ3) is 3.88. The molecule has 0 aliphatic heterocycles. The van der Waals surface area contributed by atoms with Crippen molar-refractivity contribution in [2.24, 2.45) is 5.10 Å². The Kier molecular flexibility index (Phi) is 5.23. The number of phenolic OH excluding ortho intramolecular Hbond substituents is 1. The molecule has 0 saturated heterocycles. The van der Waals surface area contributed by atoms with Crippen LogP contribution in [0, 0.1) is 10.5 Å². The summed E-state index contributed by atoms with van der Waals surface area (Å²) in [4.78, 5) is 11.9. The van der Waals surface area contributed by atoms with Crippen molar-refractivity contribution in [1.29, 1.82) is 0 Å². The van der Waals surface area contributed by atoms with Crippen molar-refractivity contribution in [1.82, 2.24) is 9.99 Å². The Morgan fingerprint density at radius 1 is 1.41 bits per heavy atom. The van der Waals surface area contributed by atoms with Gasteiger partial charge in [-0.05, 0) is 67.6 Å². The number of phenols is 1. The van der Waals surface area contributed by atoms with Gasteiger partial charge in [-0.1, -0.05) is 0 Å². The summed E-state index contributed by atoms with van der Waals surface area (Å²) >= 11 is 2.00. The van der Waals surface area contributed by atoms with Crippen LogP contribution in [0.1, 0.15) is 41.5 Å². The molecule has 2 aromatic rings. The second-order valence-electron chi connectivity index (χ2n) is 5.28. The molecule has 0 fully saturated rings. The highest BCUT2D eigenvalue weighted by molar-refractivity contribution is 14.1. The lowest BCUT2D eigenvalue weighted by atomic mass is 10.2. The van der Waals surface area contributed by atoms with Gasteiger partial charge in [-0.15, -0.1) is 0 Å². The maximum atomic E-state index is 11.9. The van der Waals surface area contributed by atoms with E-state index in [9.17, 15) is 9.90 Å². The number of benzene rings is 1. The van der Waals surface area contributed by atoms with Crippen LogP contribution in [-0.2, 0) is 0 Å². The summed E-state index contributed by atoms with van der Waals surface area (Å²) < 4.78 is 2.84. The van der Waals surface area contributed by atoms with Crippen molar-refractivity contribution in [3.8, 4) is 5.75 Å². The zero-order valence-corrected chi connectivity index (χ0v) is 14.8. The van der Waals surface area contributed by atoms with Gasteiger partial charge in [-0.25, -0.2) is 5.43 Å². The number of hydrazone groups is 1. The van der Waals surface area contributed by atoms with E-state index in [0.29, 0.717) is 15.2 Å². The first-order valence-corrected chi connectivity index (χ1v) is 7.96. The Labute approximate surface area is 143 Å². The van der Waals surface area contributed by atoms with Crippen LogP contribution >= 0.6 is 22.6 Å². The third-order valence-corrected chi connectivity index (χ3v) is 4.13. The van der Waals surface area contributed by atoms with Gasteiger partial charge in [0.05, 0.1) is 9.78 Å². The molecule has 1 heterocycles. The number of rotatable bonds is 4. The second kappa shape index (κ2) is 6.95. The molecule has 0 atom stereocenters. The molecule has 6 heteroatoms. The molecule has 0 radical (unpaired) electrons. The van der Waals surface area contributed by atoms with Crippen LogP contribution in [0.25, 0.3) is 0 Å². The van der Waals surface area contributed by atoms with E-state index in [1.807, 2.05) is 41.8 Å². The van der Waals surface area contributed by atoms with Crippen molar-refractivity contribution < 1.29 is 9.90 Å². The van der Waals surface area contributed by atoms with E-state index < -0.39 is 0 Å². The number of aryl methyl sites for hydroxylation is 1. The van der Waals surface area contributed by atoms with Crippen LogP contribution in [0.15, 0.2) is 35.6 Å². The Morgan fingerprint density at radius 3 is 2.73 bits per heavy atom. The van der Waals surface area contributed by atoms with Crippen LogP contribution < -0.4 is 5.43 Å². The fraction of sp³-hybridized carbons (Fsp3) is 0.250. The highest BCUT2D eigenvalue weighted by Gasteiger charge is 2.07. The third-order valence-electron chi connectivity index (χ3n) is 3.22. The predicted octanol–water partition coefficient (Wildman–Crippen LogP) is 3.45. The molecule has 22 heavy (non-hydrogen) atoms. The predicted molar refractivity (Wildman–Crippen MR) is 95.4 cm³/mol. The average Bonchev–Trinajstić information content (AvgIpc) is 2.83. The Hall–Kier alpha value is -1.83. The van der Waals surface area contributed by atoms with Crippen LogP contribution in [-0.4, -0.2) is 21.8 Å². The van der Waals surface area contributed by atoms with Crippen molar-refractivity contribution >= 4 is 34.7 Å². The number of amides is 1. The van der Waals surface area contributed by atoms with Crippen molar-refractivity contribution in [3.63, 3.8) is 0 Å². The molecule has 1 aromatic heterocycles. The van der Waals surface area contributed by atoms with Gasteiger partial charge >= 0.3 is 0 Å². The maximum absolute atomic E-state index is 11.9. The Bertz CT molecular complexity index is 720. The number of carbonyl (C=O) groups is 1. The van der Waals surface area contributed by atoms with E-state index in [0.717, 1.165) is 11.3 Å². The first kappa shape index (κ1) is 16.5. The minimum atomic E-state index is -0.358. The summed E-state index contributed by atoms with van der Waals surface area (Å²) in [5.74, 6) is -0.273. The molecule has 0 spiro atoms. The van der Waals surface area contributed by atoms with Gasteiger partial charge in [-0.3, -0.25) is 4.79 Å². The summed E-state index contributed by atoms with van der Waals surface area (Å²) in [7, 11) is 0. The number of carbonyl (C=O) groups excluding carboxylic acids is 1. The summed E-state index contributed by atoms with van der Waals surface area (Å²) in [5.41, 5.74) is 4.90. The van der Waals surface area contributed by atoms with E-state index in [1.54, 1.807) is 18.3 Å². The van der Waals surface area contributed by atoms with E-state index in [2.05, 4.69) is 28.9 Å². The molecule has 0 bridgehead atoms. The Morgan fingerprint density at radius 2 is 2.14 bits per heavy atom. The van der Waals surface area contributed by atoms with Crippen LogP contribution in [0.4, 0.5) is 0 Å². The molecule has 0 unspecified atom stereocenters.